The number of aliphatic hydroxyl groups excluding tert-OH is 1. The van der Waals surface area contributed by atoms with Crippen LogP contribution < -0.4 is 15.6 Å². The number of nitrogens with one attached hydrogen (secondary N) is 1. The number of para-hydroxylation sites is 2. The molecule has 0 aliphatic carbocycles. The molecule has 2 heterocycles. The quantitative estimate of drug-likeness (QED) is 0.535. The van der Waals surface area contributed by atoms with Gasteiger partial charge in [0.05, 0.1) is 41.7 Å². The standard InChI is InChI=1S/C24H24Cl2N4O4/c1-14(13-31)27-24-28-19-12-29(22(32)15-7-8-17(25)18(26)11-15)10-9-16(19)23(33)30(24)20-5-3-4-6-21(20)34-2/h3-8,11,14,31H,9-10,12-13H2,1-2H3,(H,27,28)/t14-/m1/s1. The summed E-state index contributed by atoms with van der Waals surface area (Å²) < 4.78 is 6.92. The monoisotopic (exact) mass is 502 g/mol. The lowest BCUT2D eigenvalue weighted by Crippen LogP contribution is -2.41. The third kappa shape index (κ3) is 4.61. The summed E-state index contributed by atoms with van der Waals surface area (Å²) in [5.41, 5.74) is 1.73. The van der Waals surface area contributed by atoms with Crippen molar-refractivity contribution < 1.29 is 14.6 Å². The Balaban J connectivity index is 1.76. The molecule has 1 aromatic heterocycles. The van der Waals surface area contributed by atoms with E-state index in [1.165, 1.54) is 17.7 Å². The van der Waals surface area contributed by atoms with Gasteiger partial charge in [0.2, 0.25) is 5.95 Å². The zero-order chi connectivity index (χ0) is 24.4. The highest BCUT2D eigenvalue weighted by Gasteiger charge is 2.28. The third-order valence-corrected chi connectivity index (χ3v) is 6.40. The first-order valence-electron chi connectivity index (χ1n) is 10.7. The van der Waals surface area contributed by atoms with Crippen LogP contribution in [0.5, 0.6) is 5.75 Å². The molecule has 0 saturated carbocycles. The van der Waals surface area contributed by atoms with E-state index < -0.39 is 0 Å². The Morgan fingerprint density at radius 2 is 2.00 bits per heavy atom. The highest BCUT2D eigenvalue weighted by molar-refractivity contribution is 6.42. The molecule has 8 nitrogen and oxygen atoms in total. The Kier molecular flexibility index (Phi) is 7.11. The maximum atomic E-state index is 13.6. The number of carbonyl (C=O) groups excluding carboxylic acids is 1. The Labute approximate surface area is 206 Å². The maximum Gasteiger partial charge on any atom is 0.263 e. The number of methoxy groups -OCH3 is 1. The van der Waals surface area contributed by atoms with Crippen molar-refractivity contribution in [3.05, 3.63) is 79.7 Å². The summed E-state index contributed by atoms with van der Waals surface area (Å²) in [5.74, 6) is 0.551. The van der Waals surface area contributed by atoms with Gasteiger partial charge in [0, 0.05) is 23.7 Å². The van der Waals surface area contributed by atoms with Crippen LogP contribution in [-0.4, -0.2) is 51.8 Å². The fourth-order valence-electron chi connectivity index (χ4n) is 3.87. The van der Waals surface area contributed by atoms with Gasteiger partial charge >= 0.3 is 0 Å². The molecule has 0 unspecified atom stereocenters. The van der Waals surface area contributed by atoms with Crippen LogP contribution in [0.1, 0.15) is 28.5 Å². The normalized spacial score (nSPS) is 13.9. The fourth-order valence-corrected chi connectivity index (χ4v) is 4.17. The number of anilines is 1. The summed E-state index contributed by atoms with van der Waals surface area (Å²) in [6.07, 6.45) is 0.346. The minimum Gasteiger partial charge on any atom is -0.495 e. The SMILES string of the molecule is COc1ccccc1-n1c(N[C@H](C)CO)nc2c(c1=O)CCN(C(=O)c1ccc(Cl)c(Cl)c1)C2. The average molecular weight is 503 g/mol. The van der Waals surface area contributed by atoms with Gasteiger partial charge in [0.25, 0.3) is 11.5 Å². The smallest absolute Gasteiger partial charge is 0.263 e. The molecule has 1 aliphatic rings. The van der Waals surface area contributed by atoms with Crippen LogP contribution in [0.4, 0.5) is 5.95 Å². The maximum absolute atomic E-state index is 13.6. The molecule has 1 amide bonds. The van der Waals surface area contributed by atoms with Crippen molar-refractivity contribution >= 4 is 35.1 Å². The van der Waals surface area contributed by atoms with Gasteiger partial charge in [-0.05, 0) is 43.7 Å². The summed E-state index contributed by atoms with van der Waals surface area (Å²) in [5, 5.41) is 13.3. The van der Waals surface area contributed by atoms with E-state index in [2.05, 4.69) is 5.32 Å². The molecule has 3 aromatic rings. The Morgan fingerprint density at radius 1 is 1.24 bits per heavy atom. The molecular weight excluding hydrogens is 479 g/mol. The van der Waals surface area contributed by atoms with E-state index in [1.54, 1.807) is 42.2 Å². The third-order valence-electron chi connectivity index (χ3n) is 5.66. The Hall–Kier alpha value is -3.07. The Bertz CT molecular complexity index is 1290. The molecule has 0 radical (unpaired) electrons. The number of rotatable bonds is 6. The molecular formula is C24H24Cl2N4O4. The van der Waals surface area contributed by atoms with Crippen LogP contribution >= 0.6 is 23.2 Å². The number of aromatic nitrogens is 2. The second kappa shape index (κ2) is 10.0. The molecule has 2 aromatic carbocycles. The first kappa shape index (κ1) is 24.1. The van der Waals surface area contributed by atoms with Gasteiger partial charge in [0.1, 0.15) is 5.75 Å². The highest BCUT2D eigenvalue weighted by Crippen LogP contribution is 2.27. The largest absolute Gasteiger partial charge is 0.495 e. The summed E-state index contributed by atoms with van der Waals surface area (Å²) in [6.45, 7) is 2.15. The zero-order valence-corrected chi connectivity index (χ0v) is 20.2. The van der Waals surface area contributed by atoms with E-state index in [0.717, 1.165) is 0 Å². The van der Waals surface area contributed by atoms with Gasteiger partial charge in [-0.15, -0.1) is 0 Å². The van der Waals surface area contributed by atoms with E-state index >= 15 is 0 Å². The lowest BCUT2D eigenvalue weighted by atomic mass is 10.0. The van der Waals surface area contributed by atoms with Gasteiger partial charge in [-0.25, -0.2) is 9.55 Å². The first-order valence-corrected chi connectivity index (χ1v) is 11.5. The minimum atomic E-state index is -0.358. The average Bonchev–Trinajstić information content (AvgIpc) is 2.85. The van der Waals surface area contributed by atoms with Crippen LogP contribution in [0.25, 0.3) is 5.69 Å². The summed E-state index contributed by atoms with van der Waals surface area (Å²) in [4.78, 5) is 33.1. The van der Waals surface area contributed by atoms with Crippen molar-refractivity contribution in [2.75, 3.05) is 25.6 Å². The molecule has 0 bridgehead atoms. The van der Waals surface area contributed by atoms with Gasteiger partial charge in [-0.1, -0.05) is 35.3 Å². The van der Waals surface area contributed by atoms with Gasteiger partial charge in [-0.3, -0.25) is 9.59 Å². The molecule has 1 aliphatic heterocycles. The van der Waals surface area contributed by atoms with Crippen molar-refractivity contribution in [3.63, 3.8) is 0 Å². The van der Waals surface area contributed by atoms with Crippen LogP contribution in [-0.2, 0) is 13.0 Å². The lowest BCUT2D eigenvalue weighted by molar-refractivity contribution is 0.0731. The number of halogens is 2. The summed E-state index contributed by atoms with van der Waals surface area (Å²) >= 11 is 12.1. The van der Waals surface area contributed by atoms with E-state index in [1.807, 2.05) is 6.07 Å². The molecule has 4 rings (SSSR count). The number of nitrogens with zero attached hydrogens (tertiary/aromatic N) is 3. The number of amides is 1. The number of carbonyl (C=O) groups is 1. The van der Waals surface area contributed by atoms with Crippen molar-refractivity contribution in [2.24, 2.45) is 0 Å². The van der Waals surface area contributed by atoms with Crippen molar-refractivity contribution in [1.82, 2.24) is 14.5 Å². The van der Waals surface area contributed by atoms with E-state index in [9.17, 15) is 14.7 Å². The number of hydrogen-bond donors (Lipinski definition) is 2. The molecule has 0 fully saturated rings. The molecule has 178 valence electrons. The number of ether oxygens (including phenoxy) is 1. The van der Waals surface area contributed by atoms with E-state index in [-0.39, 0.29) is 36.6 Å². The number of fused-ring (bicyclic) bond motifs is 1. The predicted molar refractivity (Wildman–Crippen MR) is 131 cm³/mol. The van der Waals surface area contributed by atoms with Gasteiger partial charge < -0.3 is 20.1 Å². The molecule has 0 saturated heterocycles. The van der Waals surface area contributed by atoms with Gasteiger partial charge in [-0.2, -0.15) is 0 Å². The zero-order valence-electron chi connectivity index (χ0n) is 18.7. The van der Waals surface area contributed by atoms with Gasteiger partial charge in [0.15, 0.2) is 0 Å². The van der Waals surface area contributed by atoms with Crippen molar-refractivity contribution in [3.8, 4) is 11.4 Å². The lowest BCUT2D eigenvalue weighted by Gasteiger charge is -2.29. The second-order valence-corrected chi connectivity index (χ2v) is 8.82. The topological polar surface area (TPSA) is 96.7 Å². The summed E-state index contributed by atoms with van der Waals surface area (Å²) in [7, 11) is 1.53. The van der Waals surface area contributed by atoms with Crippen molar-refractivity contribution in [2.45, 2.75) is 25.9 Å². The van der Waals surface area contributed by atoms with E-state index in [4.69, 9.17) is 32.9 Å². The molecule has 0 spiro atoms. The molecule has 2 N–H and O–H groups in total. The minimum absolute atomic E-state index is 0.152. The fraction of sp³-hybridized carbons (Fsp3) is 0.292. The van der Waals surface area contributed by atoms with Crippen LogP contribution in [0, 0.1) is 0 Å². The molecule has 1 atom stereocenters. The number of aliphatic hydroxyl groups is 1. The Morgan fingerprint density at radius 3 is 2.71 bits per heavy atom. The van der Waals surface area contributed by atoms with Crippen LogP contribution in [0.2, 0.25) is 10.0 Å². The number of hydrogen-bond acceptors (Lipinski definition) is 6. The van der Waals surface area contributed by atoms with E-state index in [0.29, 0.717) is 51.3 Å². The van der Waals surface area contributed by atoms with Crippen LogP contribution in [0.3, 0.4) is 0 Å². The highest BCUT2D eigenvalue weighted by atomic mass is 35.5. The number of benzene rings is 2. The molecule has 10 heteroatoms. The van der Waals surface area contributed by atoms with Crippen LogP contribution in [0.15, 0.2) is 47.3 Å². The summed E-state index contributed by atoms with van der Waals surface area (Å²) in [6, 6.07) is 11.5. The first-order chi connectivity index (χ1) is 16.3. The predicted octanol–water partition coefficient (Wildman–Crippen LogP) is 3.54. The second-order valence-electron chi connectivity index (χ2n) is 8.01. The van der Waals surface area contributed by atoms with Crippen molar-refractivity contribution in [1.29, 1.82) is 0 Å². The molecule has 34 heavy (non-hydrogen) atoms.